The maximum absolute atomic E-state index is 12.5. The fourth-order valence-electron chi connectivity index (χ4n) is 3.20. The molecule has 3 N–H and O–H groups in total. The van der Waals surface area contributed by atoms with E-state index in [1.54, 1.807) is 0 Å². The van der Waals surface area contributed by atoms with Gasteiger partial charge in [0.05, 0.1) is 10.5 Å². The van der Waals surface area contributed by atoms with Crippen LogP contribution in [-0.2, 0) is 19.9 Å². The standard InChI is InChI=1S/C16H19N5O4S/c1-20-8-10(21(24)25)13(19-20)15(23)18-16-12(14(17)22)9-6-4-2-3-5-7-11(9)26-16/h8H,2-7H2,1H3,(H2,17,22)(H,18,23). The van der Waals surface area contributed by atoms with Crippen molar-refractivity contribution in [2.45, 2.75) is 38.5 Å². The summed E-state index contributed by atoms with van der Waals surface area (Å²) in [6.07, 6.45) is 6.94. The molecule has 3 rings (SSSR count). The average molecular weight is 377 g/mol. The number of aryl methyl sites for hydroxylation is 2. The van der Waals surface area contributed by atoms with Gasteiger partial charge in [0.25, 0.3) is 11.8 Å². The number of nitrogens with two attached hydrogens (primary N) is 1. The van der Waals surface area contributed by atoms with Gasteiger partial charge in [-0.3, -0.25) is 24.4 Å². The van der Waals surface area contributed by atoms with Crippen LogP contribution in [-0.4, -0.2) is 26.5 Å². The number of fused-ring (bicyclic) bond motifs is 1. The quantitative estimate of drug-likeness (QED) is 0.623. The van der Waals surface area contributed by atoms with Gasteiger partial charge in [0.2, 0.25) is 5.69 Å². The van der Waals surface area contributed by atoms with Crippen molar-refractivity contribution < 1.29 is 14.5 Å². The van der Waals surface area contributed by atoms with E-state index in [1.165, 1.54) is 23.1 Å². The minimum atomic E-state index is -0.728. The second-order valence-corrected chi connectivity index (χ2v) is 7.34. The Morgan fingerprint density at radius 3 is 2.65 bits per heavy atom. The van der Waals surface area contributed by atoms with E-state index >= 15 is 0 Å². The van der Waals surface area contributed by atoms with Gasteiger partial charge in [0, 0.05) is 11.9 Å². The Bertz CT molecular complexity index is 886. The Morgan fingerprint density at radius 1 is 1.31 bits per heavy atom. The Morgan fingerprint density at radius 2 is 2.00 bits per heavy atom. The summed E-state index contributed by atoms with van der Waals surface area (Å²) in [7, 11) is 1.50. The lowest BCUT2D eigenvalue weighted by molar-refractivity contribution is -0.385. The van der Waals surface area contributed by atoms with Gasteiger partial charge in [-0.25, -0.2) is 0 Å². The van der Waals surface area contributed by atoms with Crippen molar-refractivity contribution in [3.8, 4) is 0 Å². The molecule has 0 aliphatic heterocycles. The first-order valence-electron chi connectivity index (χ1n) is 8.32. The van der Waals surface area contributed by atoms with Gasteiger partial charge in [-0.05, 0) is 31.2 Å². The van der Waals surface area contributed by atoms with Crippen LogP contribution in [0.4, 0.5) is 10.7 Å². The molecule has 2 amide bonds. The number of carbonyl (C=O) groups excluding carboxylic acids is 2. The third kappa shape index (κ3) is 3.45. The zero-order chi connectivity index (χ0) is 18.8. The van der Waals surface area contributed by atoms with Crippen molar-refractivity contribution in [3.05, 3.63) is 38.0 Å². The van der Waals surface area contributed by atoms with E-state index < -0.39 is 16.7 Å². The molecular weight excluding hydrogens is 358 g/mol. The topological polar surface area (TPSA) is 133 Å². The first-order chi connectivity index (χ1) is 12.4. The zero-order valence-corrected chi connectivity index (χ0v) is 15.1. The Hall–Kier alpha value is -2.75. The number of carbonyl (C=O) groups is 2. The normalized spacial score (nSPS) is 14.2. The van der Waals surface area contributed by atoms with Crippen molar-refractivity contribution in [1.82, 2.24) is 9.78 Å². The molecule has 9 nitrogen and oxygen atoms in total. The molecule has 2 aromatic heterocycles. The number of nitrogens with zero attached hydrogens (tertiary/aromatic N) is 3. The second kappa shape index (κ2) is 7.24. The fraction of sp³-hybridized carbons (Fsp3) is 0.438. The molecule has 0 atom stereocenters. The molecule has 0 fully saturated rings. The van der Waals surface area contributed by atoms with Crippen LogP contribution in [0.1, 0.15) is 57.0 Å². The van der Waals surface area contributed by atoms with Gasteiger partial charge in [0.15, 0.2) is 0 Å². The zero-order valence-electron chi connectivity index (χ0n) is 14.3. The van der Waals surface area contributed by atoms with E-state index in [9.17, 15) is 19.7 Å². The predicted octanol–water partition coefficient (Wildman–Crippen LogP) is 2.40. The van der Waals surface area contributed by atoms with Crippen LogP contribution in [0.3, 0.4) is 0 Å². The highest BCUT2D eigenvalue weighted by molar-refractivity contribution is 7.17. The van der Waals surface area contributed by atoms with Gasteiger partial charge in [0.1, 0.15) is 11.2 Å². The highest BCUT2D eigenvalue weighted by Gasteiger charge is 2.28. The molecule has 26 heavy (non-hydrogen) atoms. The van der Waals surface area contributed by atoms with Crippen LogP contribution in [0.2, 0.25) is 0 Å². The van der Waals surface area contributed by atoms with Gasteiger partial charge in [-0.15, -0.1) is 11.3 Å². The third-order valence-corrected chi connectivity index (χ3v) is 5.57. The molecule has 0 radical (unpaired) electrons. The van der Waals surface area contributed by atoms with Crippen LogP contribution < -0.4 is 11.1 Å². The van der Waals surface area contributed by atoms with Gasteiger partial charge >= 0.3 is 5.69 Å². The number of nitro groups is 1. The summed E-state index contributed by atoms with van der Waals surface area (Å²) in [5.41, 5.74) is 6.09. The molecule has 10 heteroatoms. The first-order valence-corrected chi connectivity index (χ1v) is 9.14. The second-order valence-electron chi connectivity index (χ2n) is 6.23. The highest BCUT2D eigenvalue weighted by Crippen LogP contribution is 2.37. The van der Waals surface area contributed by atoms with Crippen molar-refractivity contribution in [2.24, 2.45) is 12.8 Å². The monoisotopic (exact) mass is 377 g/mol. The molecule has 0 bridgehead atoms. The number of anilines is 1. The minimum Gasteiger partial charge on any atom is -0.365 e. The molecule has 0 spiro atoms. The lowest BCUT2D eigenvalue weighted by atomic mass is 9.96. The summed E-state index contributed by atoms with van der Waals surface area (Å²) in [6.45, 7) is 0. The number of rotatable bonds is 4. The van der Waals surface area contributed by atoms with Gasteiger partial charge in [-0.2, -0.15) is 5.10 Å². The smallest absolute Gasteiger partial charge is 0.320 e. The maximum Gasteiger partial charge on any atom is 0.320 e. The van der Waals surface area contributed by atoms with Crippen LogP contribution in [0, 0.1) is 10.1 Å². The van der Waals surface area contributed by atoms with Crippen LogP contribution in [0.5, 0.6) is 0 Å². The number of aromatic nitrogens is 2. The van der Waals surface area contributed by atoms with E-state index in [0.29, 0.717) is 10.6 Å². The van der Waals surface area contributed by atoms with Crippen molar-refractivity contribution in [1.29, 1.82) is 0 Å². The largest absolute Gasteiger partial charge is 0.365 e. The molecule has 0 aromatic carbocycles. The minimum absolute atomic E-state index is 0.297. The van der Waals surface area contributed by atoms with Crippen LogP contribution >= 0.6 is 11.3 Å². The number of thiophene rings is 1. The molecule has 138 valence electrons. The predicted molar refractivity (Wildman–Crippen MR) is 96.5 cm³/mol. The van der Waals surface area contributed by atoms with Gasteiger partial charge < -0.3 is 11.1 Å². The first kappa shape index (κ1) is 18.1. The average Bonchev–Trinajstić information content (AvgIpc) is 3.08. The van der Waals surface area contributed by atoms with E-state index in [4.69, 9.17) is 5.73 Å². The lowest BCUT2D eigenvalue weighted by Gasteiger charge is -2.10. The van der Waals surface area contributed by atoms with E-state index in [-0.39, 0.29) is 11.4 Å². The summed E-state index contributed by atoms with van der Waals surface area (Å²) in [5, 5.41) is 17.9. The Balaban J connectivity index is 1.97. The maximum atomic E-state index is 12.5. The van der Waals surface area contributed by atoms with Crippen molar-refractivity contribution in [3.63, 3.8) is 0 Å². The van der Waals surface area contributed by atoms with Crippen LogP contribution in [0.25, 0.3) is 0 Å². The summed E-state index contributed by atoms with van der Waals surface area (Å²) in [4.78, 5) is 36.0. The summed E-state index contributed by atoms with van der Waals surface area (Å²) >= 11 is 1.32. The molecule has 0 unspecified atom stereocenters. The Labute approximate surface area is 153 Å². The van der Waals surface area contributed by atoms with E-state index in [2.05, 4.69) is 10.4 Å². The number of amides is 2. The molecule has 2 aromatic rings. The molecule has 2 heterocycles. The molecule has 0 saturated carbocycles. The van der Waals surface area contributed by atoms with Crippen LogP contribution in [0.15, 0.2) is 6.20 Å². The molecule has 1 aliphatic carbocycles. The summed E-state index contributed by atoms with van der Waals surface area (Å²) in [5.74, 6) is -1.33. The summed E-state index contributed by atoms with van der Waals surface area (Å²) in [6, 6.07) is 0. The third-order valence-electron chi connectivity index (χ3n) is 4.37. The Kier molecular flexibility index (Phi) is 5.03. The van der Waals surface area contributed by atoms with Gasteiger partial charge in [-0.1, -0.05) is 12.8 Å². The number of hydrogen-bond acceptors (Lipinski definition) is 6. The lowest BCUT2D eigenvalue weighted by Crippen LogP contribution is -2.19. The molecule has 1 aliphatic rings. The number of hydrogen-bond donors (Lipinski definition) is 2. The molecular formula is C16H19N5O4S. The SMILES string of the molecule is Cn1cc([N+](=O)[O-])c(C(=O)Nc2sc3c(c2C(N)=O)CCCCCC3)n1. The van der Waals surface area contributed by atoms with Crippen molar-refractivity contribution >= 4 is 33.8 Å². The highest BCUT2D eigenvalue weighted by atomic mass is 32.1. The van der Waals surface area contributed by atoms with E-state index in [1.807, 2.05) is 0 Å². The fourth-order valence-corrected chi connectivity index (χ4v) is 4.49. The summed E-state index contributed by atoms with van der Waals surface area (Å²) < 4.78 is 1.20. The van der Waals surface area contributed by atoms with E-state index in [0.717, 1.165) is 55.2 Å². The number of primary amides is 1. The van der Waals surface area contributed by atoms with Crippen molar-refractivity contribution in [2.75, 3.05) is 5.32 Å². The number of nitrogens with one attached hydrogen (secondary N) is 1. The molecule has 0 saturated heterocycles.